The highest BCUT2D eigenvalue weighted by Gasteiger charge is 2.13. The number of aryl methyl sites for hydroxylation is 2. The van der Waals surface area contributed by atoms with Crippen LogP contribution in [-0.2, 0) is 19.5 Å². The van der Waals surface area contributed by atoms with Gasteiger partial charge in [-0.05, 0) is 53.8 Å². The summed E-state index contributed by atoms with van der Waals surface area (Å²) >= 11 is 0. The summed E-state index contributed by atoms with van der Waals surface area (Å²) < 4.78 is 3.77. The molecule has 0 amide bonds. The van der Waals surface area contributed by atoms with Gasteiger partial charge in [0.2, 0.25) is 5.82 Å². The van der Waals surface area contributed by atoms with E-state index in [1.807, 2.05) is 45.7 Å². The molecule has 0 bridgehead atoms. The van der Waals surface area contributed by atoms with Crippen LogP contribution in [0.5, 0.6) is 0 Å². The first kappa shape index (κ1) is 22.6. The largest absolute Gasteiger partial charge is 0.328 e. The molecule has 1 N–H and O–H groups in total. The number of aromatic amines is 1. The van der Waals surface area contributed by atoms with Gasteiger partial charge in [0.05, 0.1) is 12.2 Å². The first-order valence-electron chi connectivity index (χ1n) is 11.8. The number of pyridine rings is 1. The lowest BCUT2D eigenvalue weighted by Gasteiger charge is -2.09. The van der Waals surface area contributed by atoms with Gasteiger partial charge in [-0.25, -0.2) is 4.79 Å². The zero-order valence-electron chi connectivity index (χ0n) is 19.4. The highest BCUT2D eigenvalue weighted by atomic mass is 16.1. The normalized spacial score (nSPS) is 11.2. The minimum atomic E-state index is 0.0588. The molecule has 0 aliphatic rings. The molecule has 0 saturated heterocycles. The highest BCUT2D eigenvalue weighted by molar-refractivity contribution is 5.70. The maximum atomic E-state index is 13.2. The van der Waals surface area contributed by atoms with E-state index in [9.17, 15) is 4.79 Å². The summed E-state index contributed by atoms with van der Waals surface area (Å²) in [5.74, 6) is 0.558. The Morgan fingerprint density at radius 2 is 1.79 bits per heavy atom. The number of nitrogens with zero attached hydrogens (tertiary/aromatic N) is 6. The first-order valence-corrected chi connectivity index (χ1v) is 11.8. The molecule has 172 valence electrons. The summed E-state index contributed by atoms with van der Waals surface area (Å²) in [5, 5.41) is 14.3. The molecular weight excluding hydrogens is 414 g/mol. The van der Waals surface area contributed by atoms with Crippen LogP contribution < -0.4 is 5.69 Å². The number of unbranched alkanes of at least 4 members (excludes halogenated alkanes) is 3. The van der Waals surface area contributed by atoms with E-state index >= 15 is 0 Å². The van der Waals surface area contributed by atoms with Crippen molar-refractivity contribution in [3.05, 3.63) is 70.7 Å². The summed E-state index contributed by atoms with van der Waals surface area (Å²) in [6.45, 7) is 5.60. The van der Waals surface area contributed by atoms with Crippen molar-refractivity contribution in [3.63, 3.8) is 0 Å². The van der Waals surface area contributed by atoms with Gasteiger partial charge in [-0.15, -0.1) is 10.2 Å². The second kappa shape index (κ2) is 10.8. The molecule has 0 radical (unpaired) electrons. The van der Waals surface area contributed by atoms with Crippen LogP contribution in [0.1, 0.15) is 57.3 Å². The molecule has 33 heavy (non-hydrogen) atoms. The van der Waals surface area contributed by atoms with E-state index in [4.69, 9.17) is 0 Å². The SMILES string of the molecule is CCCCCn1cc(CCCC)n(Cc2cc(-c3cccc(-c4nn[nH]n4)c3)ccn2)c1=O. The van der Waals surface area contributed by atoms with Gasteiger partial charge < -0.3 is 0 Å². The summed E-state index contributed by atoms with van der Waals surface area (Å²) in [5.41, 5.74) is 4.98. The molecule has 0 unspecified atom stereocenters. The molecule has 0 saturated carbocycles. The molecule has 4 aromatic rings. The van der Waals surface area contributed by atoms with Gasteiger partial charge in [0.15, 0.2) is 0 Å². The number of hydrogen-bond acceptors (Lipinski definition) is 5. The number of H-pyrrole nitrogens is 1. The maximum Gasteiger partial charge on any atom is 0.328 e. The zero-order valence-corrected chi connectivity index (χ0v) is 19.4. The Bertz CT molecular complexity index is 1220. The average Bonchev–Trinajstić information content (AvgIpc) is 3.48. The van der Waals surface area contributed by atoms with Crippen molar-refractivity contribution in [2.75, 3.05) is 0 Å². The predicted molar refractivity (Wildman–Crippen MR) is 129 cm³/mol. The zero-order chi connectivity index (χ0) is 23.0. The maximum absolute atomic E-state index is 13.2. The van der Waals surface area contributed by atoms with E-state index in [1.165, 1.54) is 0 Å². The number of imidazole rings is 1. The van der Waals surface area contributed by atoms with Gasteiger partial charge in [-0.3, -0.25) is 14.1 Å². The van der Waals surface area contributed by atoms with Crippen molar-refractivity contribution < 1.29 is 0 Å². The number of aromatic nitrogens is 7. The Hall–Kier alpha value is -3.55. The van der Waals surface area contributed by atoms with Crippen LogP contribution in [0.25, 0.3) is 22.5 Å². The molecule has 3 aromatic heterocycles. The molecule has 1 aromatic carbocycles. The van der Waals surface area contributed by atoms with E-state index in [1.54, 1.807) is 6.20 Å². The van der Waals surface area contributed by atoms with Crippen LogP contribution in [0.2, 0.25) is 0 Å². The van der Waals surface area contributed by atoms with Crippen LogP contribution in [0, 0.1) is 0 Å². The fourth-order valence-corrected chi connectivity index (χ4v) is 4.03. The monoisotopic (exact) mass is 445 g/mol. The molecule has 0 aliphatic heterocycles. The number of rotatable bonds is 11. The average molecular weight is 446 g/mol. The fourth-order valence-electron chi connectivity index (χ4n) is 4.03. The third kappa shape index (κ3) is 5.45. The smallest absolute Gasteiger partial charge is 0.299 e. The molecule has 8 heteroatoms. The Kier molecular flexibility index (Phi) is 7.44. The van der Waals surface area contributed by atoms with Crippen LogP contribution in [0.15, 0.2) is 53.6 Å². The van der Waals surface area contributed by atoms with E-state index in [0.717, 1.165) is 73.1 Å². The second-order valence-electron chi connectivity index (χ2n) is 8.35. The van der Waals surface area contributed by atoms with Crippen molar-refractivity contribution in [2.45, 2.75) is 65.5 Å². The van der Waals surface area contributed by atoms with Crippen molar-refractivity contribution in [2.24, 2.45) is 0 Å². The van der Waals surface area contributed by atoms with Crippen LogP contribution in [0.3, 0.4) is 0 Å². The van der Waals surface area contributed by atoms with Crippen LogP contribution in [0.4, 0.5) is 0 Å². The third-order valence-corrected chi connectivity index (χ3v) is 5.85. The van der Waals surface area contributed by atoms with Gasteiger partial charge >= 0.3 is 5.69 Å². The van der Waals surface area contributed by atoms with Gasteiger partial charge in [0.1, 0.15) is 0 Å². The Morgan fingerprint density at radius 1 is 0.970 bits per heavy atom. The molecule has 4 rings (SSSR count). The van der Waals surface area contributed by atoms with E-state index in [0.29, 0.717) is 12.4 Å². The molecule has 0 aliphatic carbocycles. The Labute approximate surface area is 193 Å². The third-order valence-electron chi connectivity index (χ3n) is 5.85. The summed E-state index contributed by atoms with van der Waals surface area (Å²) in [6.07, 6.45) is 10.2. The standard InChI is InChI=1S/C25H31N7O/c1-3-5-7-14-31-18-23(11-6-4-2)32(25(31)33)17-22-16-20(12-13-26-22)19-9-8-10-21(15-19)24-27-29-30-28-24/h8-10,12-13,15-16,18H,3-7,11,14,17H2,1-2H3,(H,27,28,29,30). The van der Waals surface area contributed by atoms with Gasteiger partial charge in [0, 0.05) is 30.2 Å². The minimum Gasteiger partial charge on any atom is -0.299 e. The van der Waals surface area contributed by atoms with Gasteiger partial charge in [-0.1, -0.05) is 51.3 Å². The topological polar surface area (TPSA) is 94.3 Å². The second-order valence-corrected chi connectivity index (χ2v) is 8.35. The van der Waals surface area contributed by atoms with Crippen LogP contribution in [-0.4, -0.2) is 34.7 Å². The number of tetrazole rings is 1. The number of hydrogen-bond donors (Lipinski definition) is 1. The molecule has 3 heterocycles. The van der Waals surface area contributed by atoms with E-state index in [2.05, 4.69) is 45.5 Å². The first-order chi connectivity index (χ1) is 16.2. The van der Waals surface area contributed by atoms with Crippen molar-refractivity contribution in [1.82, 2.24) is 34.7 Å². The van der Waals surface area contributed by atoms with E-state index < -0.39 is 0 Å². The van der Waals surface area contributed by atoms with E-state index in [-0.39, 0.29) is 5.69 Å². The molecule has 8 nitrogen and oxygen atoms in total. The molecule has 0 atom stereocenters. The lowest BCUT2D eigenvalue weighted by atomic mass is 10.0. The Morgan fingerprint density at radius 3 is 2.58 bits per heavy atom. The van der Waals surface area contributed by atoms with Crippen molar-refractivity contribution in [1.29, 1.82) is 0 Å². The van der Waals surface area contributed by atoms with Gasteiger partial charge in [0.25, 0.3) is 0 Å². The lowest BCUT2D eigenvalue weighted by molar-refractivity contribution is 0.571. The predicted octanol–water partition coefficient (Wildman–Crippen LogP) is 4.47. The molecule has 0 fully saturated rings. The number of benzene rings is 1. The van der Waals surface area contributed by atoms with Crippen molar-refractivity contribution >= 4 is 0 Å². The van der Waals surface area contributed by atoms with Crippen LogP contribution >= 0.6 is 0 Å². The Balaban J connectivity index is 1.61. The fraction of sp³-hybridized carbons (Fsp3) is 0.400. The van der Waals surface area contributed by atoms with Gasteiger partial charge in [-0.2, -0.15) is 5.21 Å². The molecule has 0 spiro atoms. The lowest BCUT2D eigenvalue weighted by Crippen LogP contribution is -2.26. The summed E-state index contributed by atoms with van der Waals surface area (Å²) in [4.78, 5) is 17.7. The quantitative estimate of drug-likeness (QED) is 0.344. The number of nitrogens with one attached hydrogen (secondary N) is 1. The van der Waals surface area contributed by atoms with Crippen molar-refractivity contribution in [3.8, 4) is 22.5 Å². The summed E-state index contributed by atoms with van der Waals surface area (Å²) in [7, 11) is 0. The highest BCUT2D eigenvalue weighted by Crippen LogP contribution is 2.24. The summed E-state index contributed by atoms with van der Waals surface area (Å²) in [6, 6.07) is 12.1. The minimum absolute atomic E-state index is 0.0588. The molecular formula is C25H31N7O.